The fourth-order valence-electron chi connectivity index (χ4n) is 1.73. The summed E-state index contributed by atoms with van der Waals surface area (Å²) in [7, 11) is -5.73. The molecule has 0 fully saturated rings. The van der Waals surface area contributed by atoms with Crippen molar-refractivity contribution in [2.75, 3.05) is 0 Å². The van der Waals surface area contributed by atoms with Gasteiger partial charge < -0.3 is 4.18 Å². The van der Waals surface area contributed by atoms with Crippen molar-refractivity contribution in [1.29, 1.82) is 0 Å². The minimum Gasteiger partial charge on any atom is -0.375 e. The maximum absolute atomic E-state index is 12.4. The number of nitrogens with one attached hydrogen (secondary N) is 1. The Balaban J connectivity index is 2.27. The summed E-state index contributed by atoms with van der Waals surface area (Å²) in [4.78, 5) is 0. The fraction of sp³-hybridized carbons (Fsp3) is 0.100. The third kappa shape index (κ3) is 1.91. The zero-order valence-corrected chi connectivity index (χ0v) is 11.1. The van der Waals surface area contributed by atoms with E-state index in [0.29, 0.717) is 10.2 Å². The summed E-state index contributed by atoms with van der Waals surface area (Å²) in [6.07, 6.45) is 1.22. The maximum Gasteiger partial charge on any atom is 0.534 e. The average Bonchev–Trinajstić information content (AvgIpc) is 2.94. The lowest BCUT2D eigenvalue weighted by Gasteiger charge is -2.11. The largest absolute Gasteiger partial charge is 0.534 e. The molecule has 5 nitrogen and oxygen atoms in total. The van der Waals surface area contributed by atoms with Gasteiger partial charge in [0.2, 0.25) is 0 Å². The second kappa shape index (κ2) is 4.09. The lowest BCUT2D eigenvalue weighted by molar-refractivity contribution is -0.0499. The van der Waals surface area contributed by atoms with Crippen molar-refractivity contribution in [2.24, 2.45) is 0 Å². The van der Waals surface area contributed by atoms with Crippen LogP contribution in [-0.4, -0.2) is 24.1 Å². The quantitative estimate of drug-likeness (QED) is 0.581. The van der Waals surface area contributed by atoms with Crippen molar-refractivity contribution >= 4 is 42.4 Å². The Morgan fingerprint density at radius 2 is 2.05 bits per heavy atom. The van der Waals surface area contributed by atoms with Crippen LogP contribution in [0.3, 0.4) is 0 Å². The molecule has 2 heterocycles. The molecule has 1 N–H and O–H groups in total. The number of aromatic amines is 1. The molecule has 0 spiro atoms. The Labute approximate surface area is 114 Å². The molecule has 0 saturated heterocycles. The van der Waals surface area contributed by atoms with E-state index >= 15 is 0 Å². The van der Waals surface area contributed by atoms with Crippen molar-refractivity contribution in [3.05, 3.63) is 23.7 Å². The van der Waals surface area contributed by atoms with Crippen LogP contribution in [0.25, 0.3) is 21.0 Å². The van der Waals surface area contributed by atoms with Gasteiger partial charge in [0, 0.05) is 10.1 Å². The third-order valence-electron chi connectivity index (χ3n) is 2.61. The number of H-pyrrole nitrogens is 1. The normalized spacial score (nSPS) is 13.2. The summed E-state index contributed by atoms with van der Waals surface area (Å²) in [6.45, 7) is 0. The molecule has 0 radical (unpaired) electrons. The highest BCUT2D eigenvalue weighted by Gasteiger charge is 2.49. The highest BCUT2D eigenvalue weighted by atomic mass is 32.2. The molecule has 0 aliphatic heterocycles. The first kappa shape index (κ1) is 13.2. The minimum absolute atomic E-state index is 0.170. The van der Waals surface area contributed by atoms with Gasteiger partial charge in [0.1, 0.15) is 0 Å². The third-order valence-corrected chi connectivity index (χ3v) is 4.42. The molecule has 0 atom stereocenters. The van der Waals surface area contributed by atoms with E-state index < -0.39 is 15.6 Å². The van der Waals surface area contributed by atoms with E-state index in [2.05, 4.69) is 14.4 Å². The van der Waals surface area contributed by atoms with E-state index in [4.69, 9.17) is 0 Å². The number of hydrogen-bond acceptors (Lipinski definition) is 5. The topological polar surface area (TPSA) is 72.1 Å². The van der Waals surface area contributed by atoms with E-state index in [1.54, 1.807) is 11.4 Å². The molecule has 0 unspecified atom stereocenters. The first-order valence-electron chi connectivity index (χ1n) is 5.13. The van der Waals surface area contributed by atoms with Gasteiger partial charge in [-0.2, -0.15) is 26.7 Å². The number of aromatic nitrogens is 2. The first-order valence-corrected chi connectivity index (χ1v) is 7.42. The molecule has 3 aromatic rings. The van der Waals surface area contributed by atoms with E-state index in [9.17, 15) is 21.6 Å². The van der Waals surface area contributed by atoms with Gasteiger partial charge in [-0.25, -0.2) is 0 Å². The van der Waals surface area contributed by atoms with Gasteiger partial charge in [-0.1, -0.05) is 0 Å². The fourth-order valence-corrected chi connectivity index (χ4v) is 3.05. The van der Waals surface area contributed by atoms with Gasteiger partial charge in [0.25, 0.3) is 0 Å². The number of rotatable bonds is 2. The predicted molar refractivity (Wildman–Crippen MR) is 67.1 cm³/mol. The number of halogens is 3. The van der Waals surface area contributed by atoms with Crippen LogP contribution < -0.4 is 4.18 Å². The summed E-state index contributed by atoms with van der Waals surface area (Å²) >= 11 is 1.25. The standard InChI is InChI=1S/C10H5F3N2O3S2/c11-10(12,13)20(16,17)18-9-5-1-2-19-8(5)3-7-6(9)4-14-15-7/h1-4H,(H,14,15). The van der Waals surface area contributed by atoms with E-state index in [-0.39, 0.29) is 16.5 Å². The van der Waals surface area contributed by atoms with Gasteiger partial charge in [-0.3, -0.25) is 5.10 Å². The number of alkyl halides is 3. The molecular formula is C10H5F3N2O3S2. The number of benzene rings is 1. The zero-order chi connectivity index (χ0) is 14.5. The Morgan fingerprint density at radius 3 is 2.75 bits per heavy atom. The number of fused-ring (bicyclic) bond motifs is 2. The zero-order valence-electron chi connectivity index (χ0n) is 9.43. The number of thiophene rings is 1. The van der Waals surface area contributed by atoms with Gasteiger partial charge in [-0.05, 0) is 17.5 Å². The molecule has 10 heteroatoms. The van der Waals surface area contributed by atoms with Crippen LogP contribution in [0.15, 0.2) is 23.7 Å². The van der Waals surface area contributed by atoms with Crippen molar-refractivity contribution in [1.82, 2.24) is 10.2 Å². The molecule has 106 valence electrons. The first-order chi connectivity index (χ1) is 9.29. The lowest BCUT2D eigenvalue weighted by Crippen LogP contribution is -2.28. The molecule has 3 rings (SSSR count). The van der Waals surface area contributed by atoms with Crippen LogP contribution in [0.1, 0.15) is 0 Å². The Bertz CT molecular complexity index is 847. The van der Waals surface area contributed by atoms with Crippen LogP contribution in [0.4, 0.5) is 13.2 Å². The minimum atomic E-state index is -5.73. The van der Waals surface area contributed by atoms with E-state index in [1.165, 1.54) is 23.6 Å². The van der Waals surface area contributed by atoms with Gasteiger partial charge in [0.05, 0.1) is 17.1 Å². The van der Waals surface area contributed by atoms with Crippen molar-refractivity contribution in [3.63, 3.8) is 0 Å². The summed E-state index contributed by atoms with van der Waals surface area (Å²) in [5.74, 6) is -0.371. The SMILES string of the molecule is O=S(=O)(Oc1c2cn[nH]c2cc2sccc12)C(F)(F)F. The highest BCUT2D eigenvalue weighted by molar-refractivity contribution is 7.88. The second-order valence-electron chi connectivity index (χ2n) is 3.85. The molecule has 2 aromatic heterocycles. The number of hydrogen-bond donors (Lipinski definition) is 1. The smallest absolute Gasteiger partial charge is 0.375 e. The molecule has 0 aliphatic carbocycles. The molecule has 0 aliphatic rings. The Kier molecular flexibility index (Phi) is 2.70. The van der Waals surface area contributed by atoms with Crippen molar-refractivity contribution in [2.45, 2.75) is 5.51 Å². The van der Waals surface area contributed by atoms with E-state index in [0.717, 1.165) is 0 Å². The lowest BCUT2D eigenvalue weighted by atomic mass is 10.2. The highest BCUT2D eigenvalue weighted by Crippen LogP contribution is 2.39. The summed E-state index contributed by atoms with van der Waals surface area (Å²) in [6, 6.07) is 3.16. The average molecular weight is 322 g/mol. The van der Waals surface area contributed by atoms with Crippen LogP contribution in [0, 0.1) is 0 Å². The molecule has 1 aromatic carbocycles. The van der Waals surface area contributed by atoms with Crippen LogP contribution in [0.2, 0.25) is 0 Å². The second-order valence-corrected chi connectivity index (χ2v) is 6.34. The summed E-state index contributed by atoms with van der Waals surface area (Å²) in [5, 5.41) is 8.34. The Morgan fingerprint density at radius 1 is 1.30 bits per heavy atom. The molecule has 0 saturated carbocycles. The van der Waals surface area contributed by atoms with Gasteiger partial charge in [0.15, 0.2) is 5.75 Å². The van der Waals surface area contributed by atoms with Crippen LogP contribution >= 0.6 is 11.3 Å². The molecule has 0 bridgehead atoms. The number of nitrogens with zero attached hydrogens (tertiary/aromatic N) is 1. The molecule has 20 heavy (non-hydrogen) atoms. The van der Waals surface area contributed by atoms with E-state index in [1.807, 2.05) is 0 Å². The Hall–Kier alpha value is -1.81. The summed E-state index contributed by atoms with van der Waals surface area (Å²) in [5.41, 5.74) is -5.09. The van der Waals surface area contributed by atoms with Crippen molar-refractivity contribution in [3.8, 4) is 5.75 Å². The van der Waals surface area contributed by atoms with Crippen molar-refractivity contribution < 1.29 is 25.8 Å². The summed E-state index contributed by atoms with van der Waals surface area (Å²) < 4.78 is 64.6. The van der Waals surface area contributed by atoms with Gasteiger partial charge in [-0.15, -0.1) is 11.3 Å². The molecular weight excluding hydrogens is 317 g/mol. The van der Waals surface area contributed by atoms with Gasteiger partial charge >= 0.3 is 15.6 Å². The van der Waals surface area contributed by atoms with Crippen LogP contribution in [-0.2, 0) is 10.1 Å². The van der Waals surface area contributed by atoms with Crippen LogP contribution in [0.5, 0.6) is 5.75 Å². The maximum atomic E-state index is 12.4. The molecule has 0 amide bonds. The monoisotopic (exact) mass is 322 g/mol. The predicted octanol–water partition coefficient (Wildman–Crippen LogP) is 3.01.